The van der Waals surface area contributed by atoms with Crippen LogP contribution in [0.5, 0.6) is 0 Å². The van der Waals surface area contributed by atoms with Crippen molar-refractivity contribution in [2.75, 3.05) is 18.5 Å². The van der Waals surface area contributed by atoms with Crippen molar-refractivity contribution in [3.8, 4) is 0 Å². The third-order valence-electron chi connectivity index (χ3n) is 4.33. The Hall–Kier alpha value is -1.79. The number of pyridine rings is 1. The number of hydrogen-bond acceptors (Lipinski definition) is 6. The monoisotopic (exact) mass is 314 g/mol. The SMILES string of the molecule is Cc1nc2sc3c(NCCO)ncnc3c2c2c1CCCC2. The van der Waals surface area contributed by atoms with Gasteiger partial charge in [0.1, 0.15) is 17.0 Å². The fraction of sp³-hybridized carbons (Fsp3) is 0.438. The zero-order valence-electron chi connectivity index (χ0n) is 12.5. The molecule has 0 aliphatic heterocycles. The van der Waals surface area contributed by atoms with E-state index < -0.39 is 0 Å². The molecule has 2 N–H and O–H groups in total. The van der Waals surface area contributed by atoms with E-state index in [0.717, 1.165) is 39.4 Å². The van der Waals surface area contributed by atoms with Crippen molar-refractivity contribution in [1.82, 2.24) is 15.0 Å². The maximum absolute atomic E-state index is 9.02. The van der Waals surface area contributed by atoms with Crippen LogP contribution in [0.2, 0.25) is 0 Å². The molecule has 3 aromatic heterocycles. The van der Waals surface area contributed by atoms with E-state index in [0.29, 0.717) is 6.54 Å². The predicted molar refractivity (Wildman–Crippen MR) is 89.7 cm³/mol. The molecule has 0 amide bonds. The zero-order chi connectivity index (χ0) is 15.1. The summed E-state index contributed by atoms with van der Waals surface area (Å²) in [6, 6.07) is 0. The summed E-state index contributed by atoms with van der Waals surface area (Å²) in [4.78, 5) is 14.7. The first-order valence-electron chi connectivity index (χ1n) is 7.70. The topological polar surface area (TPSA) is 70.9 Å². The molecule has 6 heteroatoms. The normalized spacial score (nSPS) is 14.5. The number of nitrogens with one attached hydrogen (secondary N) is 1. The van der Waals surface area contributed by atoms with Crippen LogP contribution >= 0.6 is 11.3 Å². The lowest BCUT2D eigenvalue weighted by Gasteiger charge is -2.18. The zero-order valence-corrected chi connectivity index (χ0v) is 13.3. The van der Waals surface area contributed by atoms with Crippen molar-refractivity contribution < 1.29 is 5.11 Å². The summed E-state index contributed by atoms with van der Waals surface area (Å²) in [6.45, 7) is 2.69. The molecule has 0 radical (unpaired) electrons. The maximum Gasteiger partial charge on any atom is 0.147 e. The fourth-order valence-electron chi connectivity index (χ4n) is 3.35. The molecule has 0 bridgehead atoms. The molecule has 0 fully saturated rings. The van der Waals surface area contributed by atoms with Crippen molar-refractivity contribution in [3.63, 3.8) is 0 Å². The van der Waals surface area contributed by atoms with Crippen LogP contribution in [0, 0.1) is 6.92 Å². The van der Waals surface area contributed by atoms with Gasteiger partial charge in [0.15, 0.2) is 0 Å². The van der Waals surface area contributed by atoms with Crippen LogP contribution in [0.15, 0.2) is 6.33 Å². The lowest BCUT2D eigenvalue weighted by atomic mass is 9.89. The molecule has 1 aliphatic carbocycles. The number of thiophene rings is 1. The minimum absolute atomic E-state index is 0.0865. The van der Waals surface area contributed by atoms with Crippen LogP contribution in [0.25, 0.3) is 20.4 Å². The first-order valence-corrected chi connectivity index (χ1v) is 8.51. The number of nitrogens with zero attached hydrogens (tertiary/aromatic N) is 3. The number of aromatic nitrogens is 3. The van der Waals surface area contributed by atoms with E-state index in [4.69, 9.17) is 10.1 Å². The number of aliphatic hydroxyl groups is 1. The molecular formula is C16H18N4OS. The van der Waals surface area contributed by atoms with Crippen LogP contribution in [0.4, 0.5) is 5.82 Å². The van der Waals surface area contributed by atoms with Gasteiger partial charge in [0.25, 0.3) is 0 Å². The summed E-state index contributed by atoms with van der Waals surface area (Å²) in [5.41, 5.74) is 5.02. The summed E-state index contributed by atoms with van der Waals surface area (Å²) in [5, 5.41) is 13.4. The minimum Gasteiger partial charge on any atom is -0.395 e. The molecule has 114 valence electrons. The summed E-state index contributed by atoms with van der Waals surface area (Å²) in [7, 11) is 0. The Bertz CT molecular complexity index is 858. The molecule has 0 atom stereocenters. The molecule has 22 heavy (non-hydrogen) atoms. The van der Waals surface area contributed by atoms with Crippen molar-refractivity contribution in [3.05, 3.63) is 23.1 Å². The summed E-state index contributed by atoms with van der Waals surface area (Å²) in [5.74, 6) is 0.796. The highest BCUT2D eigenvalue weighted by Crippen LogP contribution is 2.40. The number of hydrogen-bond donors (Lipinski definition) is 2. The lowest BCUT2D eigenvalue weighted by molar-refractivity contribution is 0.311. The number of aryl methyl sites for hydroxylation is 2. The first-order chi connectivity index (χ1) is 10.8. The van der Waals surface area contributed by atoms with Gasteiger partial charge in [0.2, 0.25) is 0 Å². The molecule has 0 saturated heterocycles. The van der Waals surface area contributed by atoms with E-state index in [9.17, 15) is 0 Å². The van der Waals surface area contributed by atoms with E-state index in [1.807, 2.05) is 0 Å². The Balaban J connectivity index is 2.02. The molecule has 0 aromatic carbocycles. The molecule has 0 spiro atoms. The van der Waals surface area contributed by atoms with Gasteiger partial charge in [-0.25, -0.2) is 15.0 Å². The van der Waals surface area contributed by atoms with Gasteiger partial charge >= 0.3 is 0 Å². The summed E-state index contributed by atoms with van der Waals surface area (Å²) < 4.78 is 1.04. The van der Waals surface area contributed by atoms with Crippen molar-refractivity contribution >= 4 is 37.6 Å². The van der Waals surface area contributed by atoms with Crippen LogP contribution < -0.4 is 5.32 Å². The molecule has 5 nitrogen and oxygen atoms in total. The van der Waals surface area contributed by atoms with E-state index >= 15 is 0 Å². The second-order valence-electron chi connectivity index (χ2n) is 5.69. The van der Waals surface area contributed by atoms with Crippen LogP contribution in [-0.2, 0) is 12.8 Å². The number of aliphatic hydroxyl groups excluding tert-OH is 1. The van der Waals surface area contributed by atoms with E-state index in [1.165, 1.54) is 29.4 Å². The standard InChI is InChI=1S/C16H18N4OS/c1-9-10-4-2-3-5-11(10)12-13-14(22-16(12)20-9)15(17-6-7-21)19-8-18-13/h8,21H,2-7H2,1H3,(H,17,18,19). The van der Waals surface area contributed by atoms with Gasteiger partial charge in [-0.15, -0.1) is 11.3 Å². The maximum atomic E-state index is 9.02. The quantitative estimate of drug-likeness (QED) is 0.778. The van der Waals surface area contributed by atoms with Gasteiger partial charge in [-0.05, 0) is 43.7 Å². The smallest absolute Gasteiger partial charge is 0.147 e. The molecule has 4 rings (SSSR count). The van der Waals surface area contributed by atoms with Crippen molar-refractivity contribution in [2.45, 2.75) is 32.6 Å². The van der Waals surface area contributed by atoms with Crippen LogP contribution in [-0.4, -0.2) is 33.2 Å². The molecular weight excluding hydrogens is 296 g/mol. The van der Waals surface area contributed by atoms with Gasteiger partial charge in [-0.3, -0.25) is 0 Å². The average molecular weight is 314 g/mol. The number of rotatable bonds is 3. The average Bonchev–Trinajstić information content (AvgIpc) is 2.92. The predicted octanol–water partition coefficient (Wildman–Crippen LogP) is 2.83. The Morgan fingerprint density at radius 1 is 1.23 bits per heavy atom. The highest BCUT2D eigenvalue weighted by Gasteiger charge is 2.21. The molecule has 1 aliphatic rings. The highest BCUT2D eigenvalue weighted by molar-refractivity contribution is 7.26. The fourth-order valence-corrected chi connectivity index (χ4v) is 4.52. The third-order valence-corrected chi connectivity index (χ3v) is 5.41. The van der Waals surface area contributed by atoms with Gasteiger partial charge in [-0.2, -0.15) is 0 Å². The molecule has 3 heterocycles. The third kappa shape index (κ3) is 2.06. The minimum atomic E-state index is 0.0865. The second-order valence-corrected chi connectivity index (χ2v) is 6.69. The summed E-state index contributed by atoms with van der Waals surface area (Å²) in [6.07, 6.45) is 6.33. The lowest BCUT2D eigenvalue weighted by Crippen LogP contribution is -2.07. The Morgan fingerprint density at radius 3 is 2.86 bits per heavy atom. The summed E-state index contributed by atoms with van der Waals surface area (Å²) >= 11 is 1.65. The highest BCUT2D eigenvalue weighted by atomic mass is 32.1. The van der Waals surface area contributed by atoms with Gasteiger partial charge < -0.3 is 10.4 Å². The molecule has 0 saturated carbocycles. The number of anilines is 1. The largest absolute Gasteiger partial charge is 0.395 e. The molecule has 0 unspecified atom stereocenters. The Kier molecular flexibility index (Phi) is 3.43. The number of fused-ring (bicyclic) bond motifs is 5. The van der Waals surface area contributed by atoms with Crippen molar-refractivity contribution in [2.24, 2.45) is 0 Å². The van der Waals surface area contributed by atoms with Crippen LogP contribution in [0.1, 0.15) is 29.7 Å². The van der Waals surface area contributed by atoms with Gasteiger partial charge in [0.05, 0.1) is 16.8 Å². The van der Waals surface area contributed by atoms with Crippen LogP contribution in [0.3, 0.4) is 0 Å². The van der Waals surface area contributed by atoms with E-state index in [-0.39, 0.29) is 6.61 Å². The Morgan fingerprint density at radius 2 is 2.05 bits per heavy atom. The van der Waals surface area contributed by atoms with E-state index in [2.05, 4.69) is 22.2 Å². The second kappa shape index (κ2) is 5.44. The van der Waals surface area contributed by atoms with Gasteiger partial charge in [0, 0.05) is 17.6 Å². The molecule has 3 aromatic rings. The van der Waals surface area contributed by atoms with Crippen molar-refractivity contribution in [1.29, 1.82) is 0 Å². The Labute approximate surface area is 132 Å². The van der Waals surface area contributed by atoms with E-state index in [1.54, 1.807) is 17.7 Å². The first kappa shape index (κ1) is 13.8. The van der Waals surface area contributed by atoms with Gasteiger partial charge in [-0.1, -0.05) is 0 Å².